The third-order valence-electron chi connectivity index (χ3n) is 6.23. The van der Waals surface area contributed by atoms with Gasteiger partial charge in [0.25, 0.3) is 17.7 Å². The van der Waals surface area contributed by atoms with E-state index in [-0.39, 0.29) is 58.6 Å². The molecule has 0 unspecified atom stereocenters. The molecule has 7 nitrogen and oxygen atoms in total. The minimum absolute atomic E-state index is 0.0580. The number of hydrazone groups is 1. The van der Waals surface area contributed by atoms with Gasteiger partial charge in [0.05, 0.1) is 28.8 Å². The number of fused-ring (bicyclic) bond motifs is 5. The van der Waals surface area contributed by atoms with E-state index in [4.69, 9.17) is 16.3 Å². The Balaban J connectivity index is 1.20. The largest absolute Gasteiger partial charge is 0.482 e. The Hall–Kier alpha value is -3.52. The van der Waals surface area contributed by atoms with Crippen LogP contribution in [0.15, 0.2) is 59.7 Å². The molecule has 2 aromatic rings. The number of halogens is 2. The molecular weight excluding hydrogens is 449 g/mol. The Morgan fingerprint density at radius 3 is 2.52 bits per heavy atom. The molecule has 0 aromatic heterocycles. The van der Waals surface area contributed by atoms with Gasteiger partial charge in [-0.25, -0.2) is 4.39 Å². The highest BCUT2D eigenvalue weighted by molar-refractivity contribution is 6.32. The number of allylic oxidation sites excluding steroid dienone is 2. The molecule has 1 heterocycles. The van der Waals surface area contributed by atoms with E-state index in [1.807, 2.05) is 12.2 Å². The van der Waals surface area contributed by atoms with Crippen molar-refractivity contribution < 1.29 is 23.5 Å². The molecule has 9 heteroatoms. The van der Waals surface area contributed by atoms with Crippen molar-refractivity contribution in [3.8, 4) is 5.75 Å². The lowest BCUT2D eigenvalue weighted by Gasteiger charge is -2.13. The van der Waals surface area contributed by atoms with Crippen LogP contribution >= 0.6 is 11.6 Å². The normalized spacial score (nSPS) is 25.2. The molecule has 2 fully saturated rings. The van der Waals surface area contributed by atoms with Crippen molar-refractivity contribution in [2.45, 2.75) is 6.42 Å². The summed E-state index contributed by atoms with van der Waals surface area (Å²) in [6.45, 7) is -0.364. The van der Waals surface area contributed by atoms with Crippen molar-refractivity contribution in [2.75, 3.05) is 11.9 Å². The fraction of sp³-hybridized carbons (Fsp3) is 0.250. The highest BCUT2D eigenvalue weighted by atomic mass is 35.5. The number of hydrogen-bond donors (Lipinski definition) is 1. The molecule has 3 aliphatic rings. The second-order valence-electron chi connectivity index (χ2n) is 8.24. The number of amides is 3. The minimum Gasteiger partial charge on any atom is -0.482 e. The maximum absolute atomic E-state index is 13.6. The van der Waals surface area contributed by atoms with E-state index in [1.165, 1.54) is 24.4 Å². The van der Waals surface area contributed by atoms with Crippen LogP contribution in [-0.2, 0) is 14.4 Å². The number of carbonyl (C=O) groups is 3. The Labute approximate surface area is 193 Å². The van der Waals surface area contributed by atoms with Crippen LogP contribution in [-0.4, -0.2) is 35.6 Å². The van der Waals surface area contributed by atoms with E-state index in [9.17, 15) is 18.8 Å². The highest BCUT2D eigenvalue weighted by Crippen LogP contribution is 2.52. The summed E-state index contributed by atoms with van der Waals surface area (Å²) in [7, 11) is 0. The molecule has 0 radical (unpaired) electrons. The number of hydrogen-bond acceptors (Lipinski definition) is 5. The van der Waals surface area contributed by atoms with Gasteiger partial charge in [0.15, 0.2) is 6.61 Å². The van der Waals surface area contributed by atoms with Gasteiger partial charge < -0.3 is 10.1 Å². The van der Waals surface area contributed by atoms with Crippen LogP contribution in [0.5, 0.6) is 5.75 Å². The Bertz CT molecular complexity index is 1180. The molecule has 1 saturated carbocycles. The summed E-state index contributed by atoms with van der Waals surface area (Å²) in [6.07, 6.45) is 6.31. The van der Waals surface area contributed by atoms with E-state index in [0.29, 0.717) is 5.56 Å². The van der Waals surface area contributed by atoms with Crippen LogP contribution in [0.1, 0.15) is 12.0 Å². The van der Waals surface area contributed by atoms with Gasteiger partial charge in [-0.3, -0.25) is 14.4 Å². The molecule has 1 saturated heterocycles. The molecule has 2 aromatic carbocycles. The molecule has 0 spiro atoms. The van der Waals surface area contributed by atoms with Gasteiger partial charge in [-0.2, -0.15) is 10.1 Å². The number of ether oxygens (including phenoxy) is 1. The van der Waals surface area contributed by atoms with Crippen molar-refractivity contribution in [2.24, 2.45) is 28.8 Å². The number of benzene rings is 2. The maximum Gasteiger partial charge on any atom is 0.262 e. The zero-order chi connectivity index (χ0) is 23.1. The van der Waals surface area contributed by atoms with Crippen LogP contribution in [0, 0.1) is 29.5 Å². The topological polar surface area (TPSA) is 88.1 Å². The van der Waals surface area contributed by atoms with Crippen LogP contribution in [0.4, 0.5) is 10.1 Å². The molecule has 5 rings (SSSR count). The number of carbonyl (C=O) groups excluding carboxylic acids is 3. The van der Waals surface area contributed by atoms with E-state index in [2.05, 4.69) is 10.4 Å². The van der Waals surface area contributed by atoms with Gasteiger partial charge in [-0.1, -0.05) is 35.9 Å². The average Bonchev–Trinajstić information content (AvgIpc) is 3.47. The second-order valence-corrected chi connectivity index (χ2v) is 8.65. The molecule has 3 amide bonds. The van der Waals surface area contributed by atoms with Crippen molar-refractivity contribution in [3.05, 3.63) is 71.0 Å². The number of para-hydroxylation sites is 1. The predicted octanol–water partition coefficient (Wildman–Crippen LogP) is 3.64. The zero-order valence-electron chi connectivity index (χ0n) is 17.3. The van der Waals surface area contributed by atoms with Gasteiger partial charge in [0, 0.05) is 0 Å². The monoisotopic (exact) mass is 467 g/mol. The molecule has 168 valence electrons. The summed E-state index contributed by atoms with van der Waals surface area (Å²) in [4.78, 5) is 37.4. The Kier molecular flexibility index (Phi) is 5.46. The molecule has 4 atom stereocenters. The molecular formula is C24H19ClFN3O4. The lowest BCUT2D eigenvalue weighted by atomic mass is 9.85. The summed E-state index contributed by atoms with van der Waals surface area (Å²) in [6, 6.07) is 10.5. The Morgan fingerprint density at radius 1 is 1.15 bits per heavy atom. The standard InChI is InChI=1S/C24H19ClFN3O4/c25-16-9-13(5-8-19(16)33-12-20(30)28-18-4-2-1-3-17(18)26)11-27-29-23(31)21-14-6-7-15(10-14)22(21)24(29)32/h1-9,11,14-15,21-22H,10,12H2,(H,28,30)/t14-,15-,21-,22+/m0/s1. The van der Waals surface area contributed by atoms with E-state index in [0.717, 1.165) is 11.4 Å². The number of imide groups is 1. The molecule has 1 N–H and O–H groups in total. The van der Waals surface area contributed by atoms with Gasteiger partial charge in [-0.05, 0) is 54.2 Å². The van der Waals surface area contributed by atoms with Gasteiger partial charge in [0.1, 0.15) is 11.6 Å². The zero-order valence-corrected chi connectivity index (χ0v) is 18.0. The lowest BCUT2D eigenvalue weighted by molar-refractivity contribution is -0.140. The first kappa shape index (κ1) is 21.3. The van der Waals surface area contributed by atoms with Gasteiger partial charge >= 0.3 is 0 Å². The highest BCUT2D eigenvalue weighted by Gasteiger charge is 2.59. The lowest BCUT2D eigenvalue weighted by Crippen LogP contribution is -2.28. The van der Waals surface area contributed by atoms with Crippen molar-refractivity contribution >= 4 is 41.2 Å². The number of rotatable bonds is 6. The maximum atomic E-state index is 13.6. The van der Waals surface area contributed by atoms with E-state index in [1.54, 1.807) is 24.3 Å². The first-order chi connectivity index (χ1) is 15.9. The van der Waals surface area contributed by atoms with Crippen LogP contribution in [0.2, 0.25) is 5.02 Å². The smallest absolute Gasteiger partial charge is 0.262 e. The Morgan fingerprint density at radius 2 is 1.85 bits per heavy atom. The number of nitrogens with one attached hydrogen (secondary N) is 1. The SMILES string of the molecule is O=C(COc1ccc(C=NN2C(=O)[C@@H]3[C@H](C2=O)[C@H]2C=C[C@H]3C2)cc1Cl)Nc1ccccc1F. The van der Waals surface area contributed by atoms with Gasteiger partial charge in [0.2, 0.25) is 0 Å². The van der Waals surface area contributed by atoms with Crippen LogP contribution < -0.4 is 10.1 Å². The minimum atomic E-state index is -0.546. The summed E-state index contributed by atoms with van der Waals surface area (Å²) in [5.41, 5.74) is 0.615. The predicted molar refractivity (Wildman–Crippen MR) is 119 cm³/mol. The van der Waals surface area contributed by atoms with Gasteiger partial charge in [-0.15, -0.1) is 0 Å². The van der Waals surface area contributed by atoms with E-state index < -0.39 is 11.7 Å². The van der Waals surface area contributed by atoms with Crippen molar-refractivity contribution in [1.82, 2.24) is 5.01 Å². The summed E-state index contributed by atoms with van der Waals surface area (Å²) < 4.78 is 19.0. The van der Waals surface area contributed by atoms with Crippen molar-refractivity contribution in [3.63, 3.8) is 0 Å². The quantitative estimate of drug-likeness (QED) is 0.399. The van der Waals surface area contributed by atoms with Crippen molar-refractivity contribution in [1.29, 1.82) is 0 Å². The number of anilines is 1. The molecule has 2 aliphatic carbocycles. The van der Waals surface area contributed by atoms with Crippen LogP contribution in [0.3, 0.4) is 0 Å². The second kappa shape index (κ2) is 8.44. The fourth-order valence-electron chi connectivity index (χ4n) is 4.73. The molecule has 33 heavy (non-hydrogen) atoms. The third-order valence-corrected chi connectivity index (χ3v) is 6.53. The summed E-state index contributed by atoms with van der Waals surface area (Å²) >= 11 is 6.24. The fourth-order valence-corrected chi connectivity index (χ4v) is 4.97. The first-order valence-corrected chi connectivity index (χ1v) is 10.9. The third kappa shape index (κ3) is 3.91. The summed E-state index contributed by atoms with van der Waals surface area (Å²) in [5, 5.41) is 7.72. The van der Waals surface area contributed by atoms with Crippen LogP contribution in [0.25, 0.3) is 0 Å². The first-order valence-electron chi connectivity index (χ1n) is 10.5. The number of nitrogens with zero attached hydrogens (tertiary/aromatic N) is 2. The summed E-state index contributed by atoms with van der Waals surface area (Å²) in [5.74, 6) is -1.72. The van der Waals surface area contributed by atoms with E-state index >= 15 is 0 Å². The molecule has 2 bridgehead atoms. The average molecular weight is 468 g/mol. The molecule has 1 aliphatic heterocycles.